The Labute approximate surface area is 169 Å². The van der Waals surface area contributed by atoms with Crippen LogP contribution in [0.25, 0.3) is 17.0 Å². The van der Waals surface area contributed by atoms with Crippen LogP contribution in [-0.4, -0.2) is 25.5 Å². The standard InChI is InChI=1S/C19H9F6N5O/c20-10-3-1-9(2-4-10)14-8-15(19(23,24)25)30-18(27-14)28-16(29-30)17(31)26-13-6-5-11(21)7-12(13)22/h1-8H,(H,26,31). The van der Waals surface area contributed by atoms with Crippen LogP contribution < -0.4 is 5.32 Å². The van der Waals surface area contributed by atoms with E-state index in [4.69, 9.17) is 0 Å². The van der Waals surface area contributed by atoms with Gasteiger partial charge >= 0.3 is 6.18 Å². The fraction of sp³-hybridized carbons (Fsp3) is 0.0526. The molecule has 0 aliphatic rings. The molecule has 0 aliphatic carbocycles. The molecule has 2 heterocycles. The van der Waals surface area contributed by atoms with Crippen LogP contribution in [0.3, 0.4) is 0 Å². The van der Waals surface area contributed by atoms with Crippen LogP contribution in [0.5, 0.6) is 0 Å². The Kier molecular flexibility index (Phi) is 4.84. The Morgan fingerprint density at radius 2 is 1.58 bits per heavy atom. The zero-order valence-electron chi connectivity index (χ0n) is 15.1. The minimum absolute atomic E-state index is 0.177. The summed E-state index contributed by atoms with van der Waals surface area (Å²) in [6.07, 6.45) is -4.89. The molecule has 4 aromatic rings. The summed E-state index contributed by atoms with van der Waals surface area (Å²) in [4.78, 5) is 20.0. The van der Waals surface area contributed by atoms with Crippen LogP contribution in [0.15, 0.2) is 48.5 Å². The van der Waals surface area contributed by atoms with Gasteiger partial charge in [-0.15, -0.1) is 5.10 Å². The molecule has 158 valence electrons. The molecule has 2 aromatic carbocycles. The van der Waals surface area contributed by atoms with Gasteiger partial charge in [0, 0.05) is 11.6 Å². The highest BCUT2D eigenvalue weighted by atomic mass is 19.4. The lowest BCUT2D eigenvalue weighted by Gasteiger charge is -2.10. The second-order valence-corrected chi connectivity index (χ2v) is 6.26. The summed E-state index contributed by atoms with van der Waals surface area (Å²) in [6.45, 7) is 0. The molecular weight excluding hydrogens is 428 g/mol. The van der Waals surface area contributed by atoms with Crippen molar-refractivity contribution in [3.05, 3.63) is 77.5 Å². The minimum Gasteiger partial charge on any atom is -0.317 e. The van der Waals surface area contributed by atoms with Crippen molar-refractivity contribution in [2.45, 2.75) is 6.18 Å². The summed E-state index contributed by atoms with van der Waals surface area (Å²) in [5, 5.41) is 5.58. The lowest BCUT2D eigenvalue weighted by Crippen LogP contribution is -2.16. The Bertz CT molecular complexity index is 1300. The van der Waals surface area contributed by atoms with Gasteiger partial charge in [0.1, 0.15) is 17.5 Å². The third-order valence-electron chi connectivity index (χ3n) is 4.12. The normalized spacial score (nSPS) is 11.7. The van der Waals surface area contributed by atoms with E-state index in [-0.39, 0.29) is 11.3 Å². The highest BCUT2D eigenvalue weighted by Gasteiger charge is 2.36. The molecule has 1 amide bonds. The first-order chi connectivity index (χ1) is 14.6. The Morgan fingerprint density at radius 3 is 2.23 bits per heavy atom. The van der Waals surface area contributed by atoms with E-state index >= 15 is 0 Å². The molecule has 31 heavy (non-hydrogen) atoms. The fourth-order valence-corrected chi connectivity index (χ4v) is 2.70. The largest absolute Gasteiger partial charge is 0.433 e. The van der Waals surface area contributed by atoms with Crippen LogP contribution in [0.4, 0.5) is 32.0 Å². The number of nitrogens with one attached hydrogen (secondary N) is 1. The van der Waals surface area contributed by atoms with Crippen LogP contribution >= 0.6 is 0 Å². The SMILES string of the molecule is O=C(Nc1ccc(F)cc1F)c1nc2nc(-c3ccc(F)cc3)cc(C(F)(F)F)n2n1. The van der Waals surface area contributed by atoms with Crippen molar-refractivity contribution in [2.75, 3.05) is 5.32 Å². The maximum atomic E-state index is 13.7. The fourth-order valence-electron chi connectivity index (χ4n) is 2.70. The van der Waals surface area contributed by atoms with Gasteiger partial charge in [0.2, 0.25) is 5.82 Å². The maximum Gasteiger partial charge on any atom is 0.433 e. The van der Waals surface area contributed by atoms with Gasteiger partial charge in [-0.3, -0.25) is 4.79 Å². The molecule has 2 aromatic heterocycles. The van der Waals surface area contributed by atoms with E-state index in [2.05, 4.69) is 20.4 Å². The number of anilines is 1. The van der Waals surface area contributed by atoms with E-state index in [0.29, 0.717) is 16.6 Å². The molecule has 0 spiro atoms. The molecule has 0 saturated heterocycles. The molecule has 12 heteroatoms. The number of hydrogen-bond acceptors (Lipinski definition) is 4. The molecule has 0 saturated carbocycles. The van der Waals surface area contributed by atoms with Crippen molar-refractivity contribution >= 4 is 17.4 Å². The molecule has 0 unspecified atom stereocenters. The van der Waals surface area contributed by atoms with Gasteiger partial charge in [0.15, 0.2) is 5.69 Å². The molecule has 4 rings (SSSR count). The number of hydrogen-bond donors (Lipinski definition) is 1. The maximum absolute atomic E-state index is 13.7. The molecule has 1 N–H and O–H groups in total. The Hall–Kier alpha value is -3.96. The van der Waals surface area contributed by atoms with Crippen molar-refractivity contribution in [2.24, 2.45) is 0 Å². The Balaban J connectivity index is 1.78. The molecule has 0 atom stereocenters. The van der Waals surface area contributed by atoms with Gasteiger partial charge in [0.25, 0.3) is 11.7 Å². The van der Waals surface area contributed by atoms with Crippen molar-refractivity contribution in [1.29, 1.82) is 0 Å². The van der Waals surface area contributed by atoms with Gasteiger partial charge in [-0.25, -0.2) is 18.2 Å². The predicted molar refractivity (Wildman–Crippen MR) is 95.5 cm³/mol. The second-order valence-electron chi connectivity index (χ2n) is 6.26. The summed E-state index contributed by atoms with van der Waals surface area (Å²) in [6, 6.07) is 7.58. The highest BCUT2D eigenvalue weighted by Crippen LogP contribution is 2.32. The van der Waals surface area contributed by atoms with Gasteiger partial charge in [-0.1, -0.05) is 0 Å². The number of alkyl halides is 3. The summed E-state index contributed by atoms with van der Waals surface area (Å²) >= 11 is 0. The monoisotopic (exact) mass is 437 g/mol. The molecule has 0 bridgehead atoms. The second kappa shape index (κ2) is 7.38. The van der Waals surface area contributed by atoms with E-state index in [1.165, 1.54) is 12.1 Å². The first kappa shape index (κ1) is 20.3. The number of amides is 1. The third-order valence-corrected chi connectivity index (χ3v) is 4.12. The number of fused-ring (bicyclic) bond motifs is 1. The van der Waals surface area contributed by atoms with Crippen LogP contribution in [0.2, 0.25) is 0 Å². The lowest BCUT2D eigenvalue weighted by molar-refractivity contribution is -0.142. The Morgan fingerprint density at radius 1 is 0.903 bits per heavy atom. The molecular formula is C19H9F6N5O. The first-order valence-corrected chi connectivity index (χ1v) is 8.49. The van der Waals surface area contributed by atoms with Crippen LogP contribution in [-0.2, 0) is 6.18 Å². The average molecular weight is 437 g/mol. The van der Waals surface area contributed by atoms with E-state index in [9.17, 15) is 31.1 Å². The average Bonchev–Trinajstić information content (AvgIpc) is 3.13. The van der Waals surface area contributed by atoms with Crippen molar-refractivity contribution < 1.29 is 31.1 Å². The van der Waals surface area contributed by atoms with E-state index in [0.717, 1.165) is 24.3 Å². The quantitative estimate of drug-likeness (QED) is 0.480. The van der Waals surface area contributed by atoms with Crippen LogP contribution in [0, 0.1) is 17.5 Å². The minimum atomic E-state index is -4.89. The van der Waals surface area contributed by atoms with Gasteiger partial charge in [-0.2, -0.15) is 22.7 Å². The van der Waals surface area contributed by atoms with Crippen molar-refractivity contribution in [3.8, 4) is 11.3 Å². The number of nitrogens with zero attached hydrogens (tertiary/aromatic N) is 4. The van der Waals surface area contributed by atoms with Crippen molar-refractivity contribution in [1.82, 2.24) is 19.6 Å². The summed E-state index contributed by atoms with van der Waals surface area (Å²) in [5.41, 5.74) is -1.70. The summed E-state index contributed by atoms with van der Waals surface area (Å²) in [7, 11) is 0. The molecule has 0 aliphatic heterocycles. The number of carbonyl (C=O) groups is 1. The molecule has 0 fully saturated rings. The van der Waals surface area contributed by atoms with Gasteiger partial charge < -0.3 is 5.32 Å². The van der Waals surface area contributed by atoms with E-state index in [1.807, 2.05) is 0 Å². The number of carbonyl (C=O) groups excluding carboxylic acids is 1. The number of halogens is 6. The van der Waals surface area contributed by atoms with Gasteiger partial charge in [0.05, 0.1) is 11.4 Å². The smallest absolute Gasteiger partial charge is 0.317 e. The number of aromatic nitrogens is 4. The topological polar surface area (TPSA) is 72.2 Å². The zero-order chi connectivity index (χ0) is 22.3. The summed E-state index contributed by atoms with van der Waals surface area (Å²) in [5.74, 6) is -4.97. The number of rotatable bonds is 3. The van der Waals surface area contributed by atoms with Crippen LogP contribution in [0.1, 0.15) is 16.3 Å². The van der Waals surface area contributed by atoms with E-state index in [1.54, 1.807) is 0 Å². The first-order valence-electron chi connectivity index (χ1n) is 8.49. The highest BCUT2D eigenvalue weighted by molar-refractivity contribution is 6.01. The number of benzene rings is 2. The third kappa shape index (κ3) is 4.04. The van der Waals surface area contributed by atoms with E-state index < -0.39 is 52.5 Å². The summed E-state index contributed by atoms with van der Waals surface area (Å²) < 4.78 is 80.9. The zero-order valence-corrected chi connectivity index (χ0v) is 15.1. The van der Waals surface area contributed by atoms with Gasteiger partial charge in [-0.05, 0) is 42.5 Å². The molecule has 0 radical (unpaired) electrons. The lowest BCUT2D eigenvalue weighted by atomic mass is 10.1. The van der Waals surface area contributed by atoms with Crippen molar-refractivity contribution in [3.63, 3.8) is 0 Å². The molecule has 6 nitrogen and oxygen atoms in total. The predicted octanol–water partition coefficient (Wildman–Crippen LogP) is 4.48.